The van der Waals surface area contributed by atoms with Crippen molar-refractivity contribution in [2.24, 2.45) is 0 Å². The number of aromatic nitrogens is 3. The van der Waals surface area contributed by atoms with Crippen molar-refractivity contribution < 1.29 is 4.42 Å². The van der Waals surface area contributed by atoms with E-state index in [1.54, 1.807) is 6.20 Å². The van der Waals surface area contributed by atoms with Crippen LogP contribution in [0.25, 0.3) is 11.0 Å². The third-order valence-corrected chi connectivity index (χ3v) is 3.26. The number of oxazole rings is 1. The summed E-state index contributed by atoms with van der Waals surface area (Å²) in [5.74, 6) is 1.43. The number of fused-ring (bicyclic) bond motifs is 1. The summed E-state index contributed by atoms with van der Waals surface area (Å²) in [5.41, 5.74) is 1.90. The van der Waals surface area contributed by atoms with Crippen LogP contribution in [0.15, 0.2) is 28.8 Å². The smallest absolute Gasteiger partial charge is 0.214 e. The molecule has 1 aromatic carbocycles. The van der Waals surface area contributed by atoms with Crippen LogP contribution in [0.2, 0.25) is 5.02 Å². The van der Waals surface area contributed by atoms with Crippen LogP contribution in [-0.4, -0.2) is 14.5 Å². The van der Waals surface area contributed by atoms with Gasteiger partial charge in [0.2, 0.25) is 5.89 Å². The van der Waals surface area contributed by atoms with Crippen LogP contribution >= 0.6 is 23.8 Å². The van der Waals surface area contributed by atoms with Crippen molar-refractivity contribution in [2.45, 2.75) is 13.5 Å². The number of aromatic amines is 1. The van der Waals surface area contributed by atoms with E-state index in [0.717, 1.165) is 16.8 Å². The van der Waals surface area contributed by atoms with Crippen molar-refractivity contribution in [3.05, 3.63) is 45.8 Å². The molecule has 0 aliphatic rings. The molecule has 18 heavy (non-hydrogen) atoms. The fourth-order valence-electron chi connectivity index (χ4n) is 1.90. The number of nitrogens with zero attached hydrogens (tertiary/aromatic N) is 2. The lowest BCUT2D eigenvalue weighted by molar-refractivity contribution is 0.459. The molecule has 1 N–H and O–H groups in total. The highest BCUT2D eigenvalue weighted by molar-refractivity contribution is 7.71. The maximum absolute atomic E-state index is 5.95. The molecule has 0 fully saturated rings. The molecule has 0 saturated heterocycles. The first kappa shape index (κ1) is 11.5. The lowest BCUT2D eigenvalue weighted by atomic mass is 10.3. The zero-order valence-corrected chi connectivity index (χ0v) is 11.2. The molecule has 0 spiro atoms. The monoisotopic (exact) mass is 279 g/mol. The molecule has 2 heterocycles. The maximum atomic E-state index is 5.95. The molecule has 92 valence electrons. The number of nitrogens with one attached hydrogen (secondary N) is 1. The summed E-state index contributed by atoms with van der Waals surface area (Å²) < 4.78 is 8.03. The molecule has 2 aromatic heterocycles. The highest BCUT2D eigenvalue weighted by Crippen LogP contribution is 2.20. The molecular weight excluding hydrogens is 270 g/mol. The van der Waals surface area contributed by atoms with Crippen LogP contribution in [0.4, 0.5) is 0 Å². The fourth-order valence-corrected chi connectivity index (χ4v) is 2.35. The number of halogens is 1. The third kappa shape index (κ3) is 1.95. The molecule has 0 amide bonds. The Kier molecular flexibility index (Phi) is 2.72. The molecule has 0 bridgehead atoms. The van der Waals surface area contributed by atoms with Gasteiger partial charge in [-0.15, -0.1) is 0 Å². The summed E-state index contributed by atoms with van der Waals surface area (Å²) in [6.07, 6.45) is 1.70. The highest BCUT2D eigenvalue weighted by Gasteiger charge is 2.08. The first-order chi connectivity index (χ1) is 8.63. The van der Waals surface area contributed by atoms with Gasteiger partial charge in [0.1, 0.15) is 12.3 Å². The van der Waals surface area contributed by atoms with E-state index in [1.807, 2.05) is 29.7 Å². The Hall–Kier alpha value is -1.59. The van der Waals surface area contributed by atoms with Crippen LogP contribution in [0.5, 0.6) is 0 Å². The van der Waals surface area contributed by atoms with Crippen LogP contribution in [0.1, 0.15) is 11.7 Å². The van der Waals surface area contributed by atoms with Gasteiger partial charge in [0.15, 0.2) is 4.77 Å². The first-order valence-corrected chi connectivity index (χ1v) is 6.21. The van der Waals surface area contributed by atoms with Crippen molar-refractivity contribution in [1.82, 2.24) is 14.5 Å². The molecule has 0 aliphatic heterocycles. The fraction of sp³-hybridized carbons (Fsp3) is 0.167. The molecule has 4 nitrogen and oxygen atoms in total. The zero-order chi connectivity index (χ0) is 12.7. The highest BCUT2D eigenvalue weighted by atomic mass is 35.5. The number of aryl methyl sites for hydroxylation is 1. The van der Waals surface area contributed by atoms with Crippen LogP contribution in [-0.2, 0) is 6.54 Å². The van der Waals surface area contributed by atoms with Gasteiger partial charge in [-0.2, -0.15) is 0 Å². The molecule has 0 radical (unpaired) electrons. The van der Waals surface area contributed by atoms with Crippen molar-refractivity contribution in [3.8, 4) is 0 Å². The SMILES string of the molecule is Cc1cnc(Cn2c(=S)[nH]c3cc(Cl)ccc32)o1. The van der Waals surface area contributed by atoms with Gasteiger partial charge in [-0.25, -0.2) is 4.98 Å². The van der Waals surface area contributed by atoms with Crippen molar-refractivity contribution in [1.29, 1.82) is 0 Å². The van der Waals surface area contributed by atoms with Gasteiger partial charge >= 0.3 is 0 Å². The Balaban J connectivity index is 2.11. The normalized spacial score (nSPS) is 11.2. The van der Waals surface area contributed by atoms with E-state index >= 15 is 0 Å². The third-order valence-electron chi connectivity index (χ3n) is 2.70. The van der Waals surface area contributed by atoms with Gasteiger partial charge in [0.05, 0.1) is 17.2 Å². The largest absolute Gasteiger partial charge is 0.444 e. The summed E-state index contributed by atoms with van der Waals surface area (Å²) >= 11 is 11.2. The molecule has 3 aromatic rings. The quantitative estimate of drug-likeness (QED) is 0.728. The summed E-state index contributed by atoms with van der Waals surface area (Å²) in [7, 11) is 0. The topological polar surface area (TPSA) is 46.8 Å². The van der Waals surface area contributed by atoms with Gasteiger partial charge < -0.3 is 14.0 Å². The van der Waals surface area contributed by atoms with Gasteiger partial charge in [-0.05, 0) is 37.3 Å². The van der Waals surface area contributed by atoms with Gasteiger partial charge in [0, 0.05) is 5.02 Å². The Morgan fingerprint density at radius 3 is 3.06 bits per heavy atom. The average molecular weight is 280 g/mol. The maximum Gasteiger partial charge on any atom is 0.214 e. The van der Waals surface area contributed by atoms with Crippen molar-refractivity contribution in [3.63, 3.8) is 0 Å². The number of H-pyrrole nitrogens is 1. The Morgan fingerprint density at radius 1 is 1.50 bits per heavy atom. The molecule has 0 unspecified atom stereocenters. The predicted molar refractivity (Wildman–Crippen MR) is 72.5 cm³/mol. The summed E-state index contributed by atoms with van der Waals surface area (Å²) in [6.45, 7) is 2.37. The van der Waals surface area contributed by atoms with Gasteiger partial charge in [0.25, 0.3) is 0 Å². The second-order valence-corrected chi connectivity index (χ2v) is 4.87. The Morgan fingerprint density at radius 2 is 2.33 bits per heavy atom. The minimum absolute atomic E-state index is 0.508. The Bertz CT molecular complexity index is 771. The van der Waals surface area contributed by atoms with Crippen LogP contribution in [0.3, 0.4) is 0 Å². The average Bonchev–Trinajstić information content (AvgIpc) is 2.84. The predicted octanol–water partition coefficient (Wildman–Crippen LogP) is 3.70. The molecule has 0 atom stereocenters. The summed E-state index contributed by atoms with van der Waals surface area (Å²) in [5, 5.41) is 0.679. The lowest BCUT2D eigenvalue weighted by Gasteiger charge is -2.00. The molecular formula is C12H10ClN3OS. The van der Waals surface area contributed by atoms with E-state index in [-0.39, 0.29) is 0 Å². The van der Waals surface area contributed by atoms with E-state index in [2.05, 4.69) is 9.97 Å². The minimum Gasteiger partial charge on any atom is -0.444 e. The second kappa shape index (κ2) is 4.26. The van der Waals surface area contributed by atoms with E-state index in [1.165, 1.54) is 0 Å². The van der Waals surface area contributed by atoms with Gasteiger partial charge in [-0.1, -0.05) is 11.6 Å². The molecule has 6 heteroatoms. The summed E-state index contributed by atoms with van der Waals surface area (Å²) in [4.78, 5) is 7.30. The van der Waals surface area contributed by atoms with E-state index in [4.69, 9.17) is 28.2 Å². The molecule has 3 rings (SSSR count). The lowest BCUT2D eigenvalue weighted by Crippen LogP contribution is -1.99. The van der Waals surface area contributed by atoms with Gasteiger partial charge in [-0.3, -0.25) is 0 Å². The van der Waals surface area contributed by atoms with Crippen LogP contribution in [0, 0.1) is 11.7 Å². The second-order valence-electron chi connectivity index (χ2n) is 4.04. The number of hydrogen-bond acceptors (Lipinski definition) is 3. The van der Waals surface area contributed by atoms with E-state index in [9.17, 15) is 0 Å². The van der Waals surface area contributed by atoms with Crippen LogP contribution < -0.4 is 0 Å². The van der Waals surface area contributed by atoms with Crippen molar-refractivity contribution >= 4 is 34.9 Å². The van der Waals surface area contributed by atoms with Crippen molar-refractivity contribution in [2.75, 3.05) is 0 Å². The Labute approximate surface area is 113 Å². The standard InChI is InChI=1S/C12H10ClN3OS/c1-7-5-14-11(17-7)6-16-10-3-2-8(13)4-9(10)15-12(16)18/h2-5H,6H2,1H3,(H,15,18). The van der Waals surface area contributed by atoms with E-state index in [0.29, 0.717) is 22.2 Å². The minimum atomic E-state index is 0.508. The first-order valence-electron chi connectivity index (χ1n) is 5.43. The summed E-state index contributed by atoms with van der Waals surface area (Å²) in [6, 6.07) is 5.62. The zero-order valence-electron chi connectivity index (χ0n) is 9.61. The number of imidazole rings is 1. The van der Waals surface area contributed by atoms with E-state index < -0.39 is 0 Å². The number of rotatable bonds is 2. The molecule has 0 aliphatic carbocycles. The number of benzene rings is 1. The molecule has 0 saturated carbocycles. The number of hydrogen-bond donors (Lipinski definition) is 1.